The summed E-state index contributed by atoms with van der Waals surface area (Å²) in [6, 6.07) is 3.64. The lowest BCUT2D eigenvalue weighted by Crippen LogP contribution is -2.48. The number of piperazine rings is 1. The van der Waals surface area contributed by atoms with Crippen LogP contribution < -0.4 is 5.32 Å². The van der Waals surface area contributed by atoms with Gasteiger partial charge in [0.05, 0.1) is 0 Å². The van der Waals surface area contributed by atoms with Crippen LogP contribution in [-0.2, 0) is 0 Å². The average molecular weight is 280 g/mol. The number of nitrogens with one attached hydrogen (secondary N) is 1. The molecule has 0 spiro atoms. The molecule has 4 heteroatoms. The third kappa shape index (κ3) is 2.96. The average Bonchev–Trinajstić information content (AvgIpc) is 2.39. The maximum Gasteiger partial charge on any atom is 0.168 e. The topological polar surface area (TPSA) is 35.5 Å². The Labute approximate surface area is 120 Å². The molecule has 1 aromatic carbocycles. The van der Waals surface area contributed by atoms with Crippen LogP contribution in [0.2, 0.25) is 0 Å². The summed E-state index contributed by atoms with van der Waals surface area (Å²) < 4.78 is 14.0. The highest BCUT2D eigenvalue weighted by atomic mass is 19.1. The van der Waals surface area contributed by atoms with Crippen LogP contribution in [-0.4, -0.2) is 36.2 Å². The minimum atomic E-state index is -0.494. The van der Waals surface area contributed by atoms with E-state index in [-0.39, 0.29) is 17.2 Å². The highest BCUT2D eigenvalue weighted by Gasteiger charge is 2.35. The molecular weight excluding hydrogens is 255 g/mol. The standard InChI is InChI=1S/C16H25FN2O/c1-11-5-6-12(14(20)13(11)17)15(16(2,3)4)19-9-7-18-8-10-19/h5-6,15,18,20H,7-10H2,1-4H3/t15-/m1/s1. The summed E-state index contributed by atoms with van der Waals surface area (Å²) in [4.78, 5) is 2.33. The zero-order valence-corrected chi connectivity index (χ0v) is 12.8. The Hall–Kier alpha value is -1.13. The third-order valence-electron chi connectivity index (χ3n) is 3.97. The second-order valence-corrected chi connectivity index (χ2v) is 6.69. The van der Waals surface area contributed by atoms with Gasteiger partial charge in [0.15, 0.2) is 11.6 Å². The first kappa shape index (κ1) is 15.3. The molecular formula is C16H25FN2O. The Morgan fingerprint density at radius 1 is 1.25 bits per heavy atom. The second-order valence-electron chi connectivity index (χ2n) is 6.69. The van der Waals surface area contributed by atoms with Crippen molar-refractivity contribution in [2.75, 3.05) is 26.2 Å². The van der Waals surface area contributed by atoms with Gasteiger partial charge in [-0.1, -0.05) is 32.9 Å². The number of rotatable bonds is 2. The lowest BCUT2D eigenvalue weighted by atomic mass is 9.80. The fraction of sp³-hybridized carbons (Fsp3) is 0.625. The van der Waals surface area contributed by atoms with Gasteiger partial charge in [0.2, 0.25) is 0 Å². The van der Waals surface area contributed by atoms with E-state index in [2.05, 4.69) is 31.0 Å². The molecule has 0 amide bonds. The van der Waals surface area contributed by atoms with E-state index >= 15 is 0 Å². The van der Waals surface area contributed by atoms with Gasteiger partial charge in [-0.2, -0.15) is 0 Å². The quantitative estimate of drug-likeness (QED) is 0.874. The van der Waals surface area contributed by atoms with E-state index in [0.717, 1.165) is 26.2 Å². The predicted octanol–water partition coefficient (Wildman–Crippen LogP) is 2.83. The van der Waals surface area contributed by atoms with E-state index in [9.17, 15) is 9.50 Å². The first-order chi connectivity index (χ1) is 9.32. The molecule has 1 fully saturated rings. The van der Waals surface area contributed by atoms with Crippen LogP contribution in [0.1, 0.15) is 37.9 Å². The molecule has 20 heavy (non-hydrogen) atoms. The van der Waals surface area contributed by atoms with E-state index in [4.69, 9.17) is 0 Å². The molecule has 112 valence electrons. The summed E-state index contributed by atoms with van der Waals surface area (Å²) in [5.41, 5.74) is 1.11. The van der Waals surface area contributed by atoms with Crippen molar-refractivity contribution in [2.24, 2.45) is 5.41 Å². The Morgan fingerprint density at radius 3 is 2.40 bits per heavy atom. The molecule has 1 aliphatic heterocycles. The van der Waals surface area contributed by atoms with Crippen LogP contribution in [0.15, 0.2) is 12.1 Å². The van der Waals surface area contributed by atoms with Gasteiger partial charge in [-0.15, -0.1) is 0 Å². The molecule has 1 aliphatic rings. The van der Waals surface area contributed by atoms with Crippen LogP contribution in [0.25, 0.3) is 0 Å². The molecule has 2 rings (SSSR count). The molecule has 1 atom stereocenters. The van der Waals surface area contributed by atoms with Crippen LogP contribution in [0.4, 0.5) is 4.39 Å². The summed E-state index contributed by atoms with van der Waals surface area (Å²) in [7, 11) is 0. The number of aryl methyl sites for hydroxylation is 1. The molecule has 1 saturated heterocycles. The molecule has 0 saturated carbocycles. The molecule has 3 nitrogen and oxygen atoms in total. The van der Waals surface area contributed by atoms with Crippen molar-refractivity contribution in [3.63, 3.8) is 0 Å². The van der Waals surface area contributed by atoms with E-state index < -0.39 is 5.82 Å². The van der Waals surface area contributed by atoms with Gasteiger partial charge in [0, 0.05) is 37.8 Å². The Morgan fingerprint density at radius 2 is 1.85 bits per heavy atom. The lowest BCUT2D eigenvalue weighted by molar-refractivity contribution is 0.0838. The third-order valence-corrected chi connectivity index (χ3v) is 3.97. The number of halogens is 1. The van der Waals surface area contributed by atoms with E-state index in [0.29, 0.717) is 11.1 Å². The van der Waals surface area contributed by atoms with Gasteiger partial charge >= 0.3 is 0 Å². The fourth-order valence-electron chi connectivity index (χ4n) is 3.05. The van der Waals surface area contributed by atoms with Gasteiger partial charge in [-0.3, -0.25) is 4.90 Å². The fourth-order valence-corrected chi connectivity index (χ4v) is 3.05. The van der Waals surface area contributed by atoms with E-state index in [1.165, 1.54) is 0 Å². The van der Waals surface area contributed by atoms with Crippen molar-refractivity contribution < 1.29 is 9.50 Å². The molecule has 2 N–H and O–H groups in total. The molecule has 1 heterocycles. The number of phenolic OH excluding ortho intramolecular Hbond substituents is 1. The number of phenols is 1. The van der Waals surface area contributed by atoms with Crippen molar-refractivity contribution in [2.45, 2.75) is 33.7 Å². The monoisotopic (exact) mass is 280 g/mol. The molecule has 0 aromatic heterocycles. The van der Waals surface area contributed by atoms with Crippen LogP contribution in [0.5, 0.6) is 5.75 Å². The largest absolute Gasteiger partial charge is 0.505 e. The molecule has 0 bridgehead atoms. The van der Waals surface area contributed by atoms with Crippen molar-refractivity contribution in [3.8, 4) is 5.75 Å². The highest BCUT2D eigenvalue weighted by Crippen LogP contribution is 2.42. The second kappa shape index (κ2) is 5.70. The van der Waals surface area contributed by atoms with Crippen molar-refractivity contribution in [1.29, 1.82) is 0 Å². The predicted molar refractivity (Wildman–Crippen MR) is 79.4 cm³/mol. The normalized spacial score (nSPS) is 19.1. The SMILES string of the molecule is Cc1ccc([C@@H](N2CCNCC2)C(C)(C)C)c(O)c1F. The number of nitrogens with zero attached hydrogens (tertiary/aromatic N) is 1. The number of aromatic hydroxyl groups is 1. The lowest BCUT2D eigenvalue weighted by Gasteiger charge is -2.42. The van der Waals surface area contributed by atoms with Gasteiger partial charge in [0.1, 0.15) is 0 Å². The zero-order chi connectivity index (χ0) is 14.9. The molecule has 0 unspecified atom stereocenters. The Kier molecular flexibility index (Phi) is 4.35. The first-order valence-corrected chi connectivity index (χ1v) is 7.25. The molecule has 1 aromatic rings. The van der Waals surface area contributed by atoms with E-state index in [1.54, 1.807) is 13.0 Å². The number of hydrogen-bond donors (Lipinski definition) is 2. The van der Waals surface area contributed by atoms with E-state index in [1.807, 2.05) is 6.07 Å². The highest BCUT2D eigenvalue weighted by molar-refractivity contribution is 5.40. The van der Waals surface area contributed by atoms with Crippen molar-refractivity contribution in [3.05, 3.63) is 29.1 Å². The van der Waals surface area contributed by atoms with Gasteiger partial charge < -0.3 is 10.4 Å². The van der Waals surface area contributed by atoms with Gasteiger partial charge in [-0.05, 0) is 17.9 Å². The maximum absolute atomic E-state index is 14.0. The summed E-state index contributed by atoms with van der Waals surface area (Å²) in [5.74, 6) is -0.685. The minimum absolute atomic E-state index is 0.0136. The minimum Gasteiger partial charge on any atom is -0.505 e. The Bertz CT molecular complexity index is 476. The zero-order valence-electron chi connectivity index (χ0n) is 12.8. The Balaban J connectivity index is 2.44. The summed E-state index contributed by atoms with van der Waals surface area (Å²) in [6.45, 7) is 11.8. The summed E-state index contributed by atoms with van der Waals surface area (Å²) in [6.07, 6.45) is 0. The van der Waals surface area contributed by atoms with Crippen LogP contribution >= 0.6 is 0 Å². The van der Waals surface area contributed by atoms with Crippen LogP contribution in [0.3, 0.4) is 0 Å². The smallest absolute Gasteiger partial charge is 0.168 e. The summed E-state index contributed by atoms with van der Waals surface area (Å²) in [5, 5.41) is 13.6. The first-order valence-electron chi connectivity index (χ1n) is 7.25. The van der Waals surface area contributed by atoms with Crippen molar-refractivity contribution in [1.82, 2.24) is 10.2 Å². The van der Waals surface area contributed by atoms with Gasteiger partial charge in [-0.25, -0.2) is 4.39 Å². The number of hydrogen-bond acceptors (Lipinski definition) is 3. The molecule has 0 aliphatic carbocycles. The molecule has 0 radical (unpaired) electrons. The number of benzene rings is 1. The van der Waals surface area contributed by atoms with Gasteiger partial charge in [0.25, 0.3) is 0 Å². The van der Waals surface area contributed by atoms with Crippen molar-refractivity contribution >= 4 is 0 Å². The maximum atomic E-state index is 14.0. The van der Waals surface area contributed by atoms with Crippen LogP contribution in [0, 0.1) is 18.2 Å². The summed E-state index contributed by atoms with van der Waals surface area (Å²) >= 11 is 0.